The van der Waals surface area contributed by atoms with E-state index in [0.29, 0.717) is 22.0 Å². The fraction of sp³-hybridized carbons (Fsp3) is 0.190. The summed E-state index contributed by atoms with van der Waals surface area (Å²) in [4.78, 5) is 17.3. The first-order valence-electron chi connectivity index (χ1n) is 9.13. The lowest BCUT2D eigenvalue weighted by Gasteiger charge is -2.14. The van der Waals surface area contributed by atoms with Gasteiger partial charge >= 0.3 is 0 Å². The van der Waals surface area contributed by atoms with E-state index in [9.17, 15) is 4.79 Å². The van der Waals surface area contributed by atoms with Crippen LogP contribution in [0.15, 0.2) is 55.1 Å². The molecule has 0 atom stereocenters. The standard InChI is InChI=1S/C21H20ClN5O2/c1-13(2)27-20-14(11-24-27)8-15(12-23-20)25-21(28)16-9-17(22)18(10-19(16)29-3)26-6-4-5-7-26/h4-13H,1-3H3,(H,25,28). The lowest BCUT2D eigenvalue weighted by Crippen LogP contribution is -2.14. The van der Waals surface area contributed by atoms with Gasteiger partial charge in [-0.25, -0.2) is 9.67 Å². The van der Waals surface area contributed by atoms with E-state index < -0.39 is 0 Å². The molecule has 0 aliphatic carbocycles. The van der Waals surface area contributed by atoms with E-state index in [1.807, 2.05) is 53.7 Å². The van der Waals surface area contributed by atoms with Crippen molar-refractivity contribution in [3.63, 3.8) is 0 Å². The number of carbonyl (C=O) groups is 1. The number of amides is 1. The number of aromatic nitrogens is 4. The fourth-order valence-electron chi connectivity index (χ4n) is 3.17. The highest BCUT2D eigenvalue weighted by Gasteiger charge is 2.17. The van der Waals surface area contributed by atoms with Gasteiger partial charge in [-0.15, -0.1) is 0 Å². The number of carbonyl (C=O) groups excluding carboxylic acids is 1. The molecule has 3 aromatic heterocycles. The SMILES string of the molecule is COc1cc(-n2cccc2)c(Cl)cc1C(=O)Nc1cnc2c(cnn2C(C)C)c1. The Balaban J connectivity index is 1.64. The maximum absolute atomic E-state index is 12.9. The summed E-state index contributed by atoms with van der Waals surface area (Å²) in [6.07, 6.45) is 7.10. The minimum Gasteiger partial charge on any atom is -0.496 e. The summed E-state index contributed by atoms with van der Waals surface area (Å²) in [6, 6.07) is 9.18. The van der Waals surface area contributed by atoms with Crippen molar-refractivity contribution in [2.75, 3.05) is 12.4 Å². The van der Waals surface area contributed by atoms with Crippen LogP contribution < -0.4 is 10.1 Å². The third kappa shape index (κ3) is 3.56. The number of benzene rings is 1. The van der Waals surface area contributed by atoms with Crippen molar-refractivity contribution in [2.24, 2.45) is 0 Å². The summed E-state index contributed by atoms with van der Waals surface area (Å²) in [5, 5.41) is 8.50. The molecule has 0 unspecified atom stereocenters. The number of methoxy groups -OCH3 is 1. The fourth-order valence-corrected chi connectivity index (χ4v) is 3.43. The summed E-state index contributed by atoms with van der Waals surface area (Å²) in [7, 11) is 1.52. The molecule has 0 radical (unpaired) electrons. The Morgan fingerprint density at radius 3 is 2.62 bits per heavy atom. The van der Waals surface area contributed by atoms with E-state index in [1.165, 1.54) is 7.11 Å². The largest absolute Gasteiger partial charge is 0.496 e. The Kier molecular flexibility index (Phi) is 4.98. The minimum absolute atomic E-state index is 0.200. The van der Waals surface area contributed by atoms with Crippen LogP contribution in [-0.4, -0.2) is 32.3 Å². The maximum Gasteiger partial charge on any atom is 0.259 e. The highest BCUT2D eigenvalue weighted by Crippen LogP contribution is 2.30. The second-order valence-electron chi connectivity index (χ2n) is 6.87. The van der Waals surface area contributed by atoms with Crippen molar-refractivity contribution < 1.29 is 9.53 Å². The zero-order valence-corrected chi connectivity index (χ0v) is 17.0. The molecule has 0 aliphatic heterocycles. The first-order valence-corrected chi connectivity index (χ1v) is 9.51. The average Bonchev–Trinajstić information content (AvgIpc) is 3.37. The smallest absolute Gasteiger partial charge is 0.259 e. The molecule has 4 rings (SSSR count). The van der Waals surface area contributed by atoms with E-state index in [1.54, 1.807) is 24.5 Å². The number of rotatable bonds is 5. The molecule has 3 heterocycles. The van der Waals surface area contributed by atoms with Crippen LogP contribution in [0.2, 0.25) is 5.02 Å². The Bertz CT molecular complexity index is 1180. The number of anilines is 1. The van der Waals surface area contributed by atoms with Gasteiger partial charge in [0, 0.05) is 29.9 Å². The Morgan fingerprint density at radius 2 is 1.93 bits per heavy atom. The van der Waals surface area contributed by atoms with Gasteiger partial charge in [-0.3, -0.25) is 4.79 Å². The molecule has 8 heteroatoms. The number of hydrogen-bond acceptors (Lipinski definition) is 4. The van der Waals surface area contributed by atoms with E-state index in [2.05, 4.69) is 15.4 Å². The molecule has 0 bridgehead atoms. The van der Waals surface area contributed by atoms with Crippen LogP contribution in [0.5, 0.6) is 5.75 Å². The van der Waals surface area contributed by atoms with Crippen LogP contribution in [0.25, 0.3) is 16.7 Å². The number of nitrogens with zero attached hydrogens (tertiary/aromatic N) is 4. The minimum atomic E-state index is -0.333. The molecule has 0 fully saturated rings. The summed E-state index contributed by atoms with van der Waals surface area (Å²) in [6.45, 7) is 4.08. The summed E-state index contributed by atoms with van der Waals surface area (Å²) in [5.74, 6) is 0.0949. The van der Waals surface area contributed by atoms with E-state index in [4.69, 9.17) is 16.3 Å². The zero-order chi connectivity index (χ0) is 20.5. The number of pyridine rings is 1. The second kappa shape index (κ2) is 7.60. The van der Waals surface area contributed by atoms with Crippen LogP contribution in [-0.2, 0) is 0 Å². The van der Waals surface area contributed by atoms with E-state index >= 15 is 0 Å². The molecule has 0 spiro atoms. The van der Waals surface area contributed by atoms with Gasteiger partial charge < -0.3 is 14.6 Å². The van der Waals surface area contributed by atoms with Gasteiger partial charge in [-0.05, 0) is 38.1 Å². The van der Waals surface area contributed by atoms with Crippen LogP contribution in [0.3, 0.4) is 0 Å². The summed E-state index contributed by atoms with van der Waals surface area (Å²) < 4.78 is 9.13. The predicted octanol–water partition coefficient (Wildman–Crippen LogP) is 4.72. The Morgan fingerprint density at radius 1 is 1.17 bits per heavy atom. The zero-order valence-electron chi connectivity index (χ0n) is 16.3. The highest BCUT2D eigenvalue weighted by molar-refractivity contribution is 6.33. The van der Waals surface area contributed by atoms with Crippen LogP contribution >= 0.6 is 11.6 Å². The molecular formula is C21H20ClN5O2. The van der Waals surface area contributed by atoms with Crippen molar-refractivity contribution >= 4 is 34.2 Å². The van der Waals surface area contributed by atoms with Gasteiger partial charge in [0.1, 0.15) is 5.75 Å². The van der Waals surface area contributed by atoms with E-state index in [-0.39, 0.29) is 11.9 Å². The highest BCUT2D eigenvalue weighted by atomic mass is 35.5. The third-order valence-electron chi connectivity index (χ3n) is 4.58. The molecule has 7 nitrogen and oxygen atoms in total. The number of ether oxygens (including phenoxy) is 1. The van der Waals surface area contributed by atoms with Crippen LogP contribution in [0.1, 0.15) is 30.2 Å². The van der Waals surface area contributed by atoms with Crippen LogP contribution in [0, 0.1) is 0 Å². The first kappa shape index (κ1) is 19.0. The van der Waals surface area contributed by atoms with Crippen molar-refractivity contribution in [3.05, 3.63) is 65.7 Å². The molecule has 0 aliphatic rings. The average molecular weight is 410 g/mol. The molecule has 148 valence electrons. The molecule has 29 heavy (non-hydrogen) atoms. The lowest BCUT2D eigenvalue weighted by molar-refractivity contribution is 0.102. The van der Waals surface area contributed by atoms with Crippen molar-refractivity contribution in [1.29, 1.82) is 0 Å². The molecular weight excluding hydrogens is 390 g/mol. The van der Waals surface area contributed by atoms with Gasteiger partial charge in [0.2, 0.25) is 0 Å². The van der Waals surface area contributed by atoms with Gasteiger partial charge in [-0.1, -0.05) is 11.6 Å². The molecule has 0 saturated heterocycles. The third-order valence-corrected chi connectivity index (χ3v) is 4.88. The second-order valence-corrected chi connectivity index (χ2v) is 7.28. The molecule has 0 saturated carbocycles. The number of halogens is 1. The number of hydrogen-bond donors (Lipinski definition) is 1. The molecule has 1 aromatic carbocycles. The predicted molar refractivity (Wildman–Crippen MR) is 113 cm³/mol. The topological polar surface area (TPSA) is 74.0 Å². The molecule has 1 amide bonds. The first-order chi connectivity index (χ1) is 14.0. The Labute approximate surface area is 172 Å². The summed E-state index contributed by atoms with van der Waals surface area (Å²) >= 11 is 6.43. The van der Waals surface area contributed by atoms with Gasteiger partial charge in [0.25, 0.3) is 5.91 Å². The quantitative estimate of drug-likeness (QED) is 0.517. The van der Waals surface area contributed by atoms with E-state index in [0.717, 1.165) is 16.7 Å². The molecule has 1 N–H and O–H groups in total. The van der Waals surface area contributed by atoms with Gasteiger partial charge in [-0.2, -0.15) is 5.10 Å². The van der Waals surface area contributed by atoms with Crippen molar-refractivity contribution in [2.45, 2.75) is 19.9 Å². The summed E-state index contributed by atoms with van der Waals surface area (Å²) in [5.41, 5.74) is 2.41. The monoisotopic (exact) mass is 409 g/mol. The van der Waals surface area contributed by atoms with Crippen molar-refractivity contribution in [3.8, 4) is 11.4 Å². The number of fused-ring (bicyclic) bond motifs is 1. The van der Waals surface area contributed by atoms with Gasteiger partial charge in [0.15, 0.2) is 5.65 Å². The maximum atomic E-state index is 12.9. The lowest BCUT2D eigenvalue weighted by atomic mass is 10.1. The normalized spacial score (nSPS) is 11.2. The molecule has 4 aromatic rings. The van der Waals surface area contributed by atoms with Crippen LogP contribution in [0.4, 0.5) is 5.69 Å². The van der Waals surface area contributed by atoms with Gasteiger partial charge in [0.05, 0.1) is 41.5 Å². The number of nitrogens with one attached hydrogen (secondary N) is 1. The van der Waals surface area contributed by atoms with Crippen molar-refractivity contribution in [1.82, 2.24) is 19.3 Å². The Hall–Kier alpha value is -3.32.